The van der Waals surface area contributed by atoms with Crippen LogP contribution in [0.1, 0.15) is 10.4 Å². The lowest BCUT2D eigenvalue weighted by Gasteiger charge is -2.31. The molecule has 4 rings (SSSR count). The Morgan fingerprint density at radius 3 is 2.22 bits per heavy atom. The minimum atomic E-state index is -0.611. The van der Waals surface area contributed by atoms with E-state index in [1.54, 1.807) is 65.6 Å². The number of hydrogen-bond donors (Lipinski definition) is 2. The van der Waals surface area contributed by atoms with Crippen molar-refractivity contribution in [3.8, 4) is 16.9 Å². The number of carbonyl (C=O) groups excluding carboxylic acids is 2. The molecule has 3 amide bonds. The number of rotatable bonds is 8. The SMILES string of the molecule is COc1c(N(CCN2CCOCC2)C(=O)Nc2ccc(Cl)cc2)ccc(C(N)=O)c1-c1ccc(Cl)cc1. The van der Waals surface area contributed by atoms with Gasteiger partial charge in [-0.1, -0.05) is 35.3 Å². The Hall–Kier alpha value is -3.30. The highest BCUT2D eigenvalue weighted by atomic mass is 35.5. The van der Waals surface area contributed by atoms with Crippen LogP contribution in [0.15, 0.2) is 60.7 Å². The quantitative estimate of drug-likeness (QED) is 0.410. The third kappa shape index (κ3) is 6.53. The number of benzene rings is 3. The lowest BCUT2D eigenvalue weighted by atomic mass is 9.96. The number of amides is 3. The number of primary amides is 1. The molecule has 1 aliphatic heterocycles. The molecular formula is C27H28Cl2N4O4. The molecule has 37 heavy (non-hydrogen) atoms. The average Bonchev–Trinajstić information content (AvgIpc) is 2.90. The van der Waals surface area contributed by atoms with Crippen molar-refractivity contribution in [2.45, 2.75) is 0 Å². The van der Waals surface area contributed by atoms with Gasteiger partial charge in [0.2, 0.25) is 5.91 Å². The Morgan fingerprint density at radius 1 is 1.00 bits per heavy atom. The fraction of sp³-hybridized carbons (Fsp3) is 0.259. The topological polar surface area (TPSA) is 97.1 Å². The van der Waals surface area contributed by atoms with Crippen molar-refractivity contribution in [2.24, 2.45) is 5.73 Å². The lowest BCUT2D eigenvalue weighted by molar-refractivity contribution is 0.0393. The average molecular weight is 543 g/mol. The smallest absolute Gasteiger partial charge is 0.326 e. The summed E-state index contributed by atoms with van der Waals surface area (Å²) in [5.41, 5.74) is 8.25. The van der Waals surface area contributed by atoms with Crippen molar-refractivity contribution >= 4 is 46.5 Å². The van der Waals surface area contributed by atoms with Gasteiger partial charge in [-0.15, -0.1) is 0 Å². The van der Waals surface area contributed by atoms with Crippen LogP contribution in [0, 0.1) is 0 Å². The number of nitrogens with two attached hydrogens (primary N) is 1. The highest BCUT2D eigenvalue weighted by Crippen LogP contribution is 2.41. The first-order valence-electron chi connectivity index (χ1n) is 11.8. The van der Waals surface area contributed by atoms with E-state index in [9.17, 15) is 9.59 Å². The van der Waals surface area contributed by atoms with Gasteiger partial charge in [0, 0.05) is 47.5 Å². The highest BCUT2D eigenvalue weighted by molar-refractivity contribution is 6.31. The van der Waals surface area contributed by atoms with E-state index in [2.05, 4.69) is 10.2 Å². The van der Waals surface area contributed by atoms with E-state index in [4.69, 9.17) is 38.4 Å². The molecule has 10 heteroatoms. The number of halogens is 2. The number of urea groups is 1. The van der Waals surface area contributed by atoms with E-state index in [-0.39, 0.29) is 11.6 Å². The fourth-order valence-corrected chi connectivity index (χ4v) is 4.47. The minimum Gasteiger partial charge on any atom is -0.494 e. The van der Waals surface area contributed by atoms with Crippen LogP contribution >= 0.6 is 23.2 Å². The molecule has 3 aromatic carbocycles. The van der Waals surface area contributed by atoms with Gasteiger partial charge in [0.15, 0.2) is 5.75 Å². The number of nitrogens with one attached hydrogen (secondary N) is 1. The van der Waals surface area contributed by atoms with Gasteiger partial charge in [-0.2, -0.15) is 0 Å². The zero-order valence-electron chi connectivity index (χ0n) is 20.4. The van der Waals surface area contributed by atoms with Gasteiger partial charge < -0.3 is 20.5 Å². The molecule has 1 aliphatic rings. The van der Waals surface area contributed by atoms with Crippen LogP contribution in [-0.2, 0) is 4.74 Å². The maximum atomic E-state index is 13.6. The number of anilines is 2. The Kier molecular flexibility index (Phi) is 8.89. The second-order valence-corrected chi connectivity index (χ2v) is 9.33. The normalized spacial score (nSPS) is 13.7. The molecule has 8 nitrogen and oxygen atoms in total. The van der Waals surface area contributed by atoms with E-state index in [0.29, 0.717) is 64.6 Å². The molecular weight excluding hydrogens is 515 g/mol. The fourth-order valence-electron chi connectivity index (χ4n) is 4.22. The Morgan fingerprint density at radius 2 is 1.62 bits per heavy atom. The molecule has 1 saturated heterocycles. The predicted molar refractivity (Wildman–Crippen MR) is 147 cm³/mol. The molecule has 0 unspecified atom stereocenters. The molecule has 3 N–H and O–H groups in total. The molecule has 0 aliphatic carbocycles. The third-order valence-corrected chi connectivity index (χ3v) is 6.62. The lowest BCUT2D eigenvalue weighted by Crippen LogP contribution is -2.44. The number of ether oxygens (including phenoxy) is 2. The molecule has 1 fully saturated rings. The minimum absolute atomic E-state index is 0.272. The van der Waals surface area contributed by atoms with E-state index in [0.717, 1.165) is 13.1 Å². The van der Waals surface area contributed by atoms with Crippen LogP contribution in [-0.4, -0.2) is 63.3 Å². The van der Waals surface area contributed by atoms with Gasteiger partial charge in [0.05, 0.1) is 31.6 Å². The maximum Gasteiger partial charge on any atom is 0.326 e. The van der Waals surface area contributed by atoms with E-state index >= 15 is 0 Å². The van der Waals surface area contributed by atoms with Crippen molar-refractivity contribution in [3.05, 3.63) is 76.3 Å². The van der Waals surface area contributed by atoms with Gasteiger partial charge in [0.25, 0.3) is 0 Å². The van der Waals surface area contributed by atoms with Crippen LogP contribution in [0.4, 0.5) is 16.2 Å². The zero-order valence-corrected chi connectivity index (χ0v) is 21.9. The number of nitrogens with zero attached hydrogens (tertiary/aromatic N) is 2. The van der Waals surface area contributed by atoms with Crippen molar-refractivity contribution < 1.29 is 19.1 Å². The highest BCUT2D eigenvalue weighted by Gasteiger charge is 2.26. The monoisotopic (exact) mass is 542 g/mol. The van der Waals surface area contributed by atoms with Gasteiger partial charge in [-0.3, -0.25) is 14.6 Å². The molecule has 0 spiro atoms. The van der Waals surface area contributed by atoms with E-state index in [1.807, 2.05) is 0 Å². The van der Waals surface area contributed by atoms with Crippen LogP contribution in [0.3, 0.4) is 0 Å². The van der Waals surface area contributed by atoms with Crippen LogP contribution in [0.2, 0.25) is 10.0 Å². The number of morpholine rings is 1. The van der Waals surface area contributed by atoms with Crippen molar-refractivity contribution in [1.29, 1.82) is 0 Å². The first-order valence-corrected chi connectivity index (χ1v) is 12.5. The summed E-state index contributed by atoms with van der Waals surface area (Å²) in [4.78, 5) is 29.8. The van der Waals surface area contributed by atoms with Crippen LogP contribution in [0.25, 0.3) is 11.1 Å². The van der Waals surface area contributed by atoms with Gasteiger partial charge in [-0.05, 0) is 54.1 Å². The summed E-state index contributed by atoms with van der Waals surface area (Å²) >= 11 is 12.1. The first kappa shape index (κ1) is 26.8. The van der Waals surface area contributed by atoms with Crippen molar-refractivity contribution in [2.75, 3.05) is 56.7 Å². The molecule has 3 aromatic rings. The molecule has 0 saturated carbocycles. The molecule has 0 bridgehead atoms. The number of carbonyl (C=O) groups is 2. The predicted octanol–water partition coefficient (Wildman–Crippen LogP) is 5.14. The van der Waals surface area contributed by atoms with Gasteiger partial charge >= 0.3 is 6.03 Å². The summed E-state index contributed by atoms with van der Waals surface area (Å²) in [6, 6.07) is 16.8. The zero-order chi connectivity index (χ0) is 26.4. The molecule has 0 atom stereocenters. The second-order valence-electron chi connectivity index (χ2n) is 8.45. The van der Waals surface area contributed by atoms with Crippen molar-refractivity contribution in [3.63, 3.8) is 0 Å². The van der Waals surface area contributed by atoms with Gasteiger partial charge in [-0.25, -0.2) is 4.79 Å². The molecule has 1 heterocycles. The summed E-state index contributed by atoms with van der Waals surface area (Å²) in [6.07, 6.45) is 0. The number of hydrogen-bond acceptors (Lipinski definition) is 5. The van der Waals surface area contributed by atoms with Crippen molar-refractivity contribution in [1.82, 2.24) is 4.90 Å². The van der Waals surface area contributed by atoms with Crippen LogP contribution < -0.4 is 20.7 Å². The number of methoxy groups -OCH3 is 1. The summed E-state index contributed by atoms with van der Waals surface area (Å²) < 4.78 is 11.3. The molecule has 0 aromatic heterocycles. The largest absolute Gasteiger partial charge is 0.494 e. The summed E-state index contributed by atoms with van der Waals surface area (Å²) in [7, 11) is 1.50. The van der Waals surface area contributed by atoms with Crippen LogP contribution in [0.5, 0.6) is 5.75 Å². The van der Waals surface area contributed by atoms with E-state index < -0.39 is 5.91 Å². The summed E-state index contributed by atoms with van der Waals surface area (Å²) in [6.45, 7) is 3.84. The second kappa shape index (κ2) is 12.3. The molecule has 194 valence electrons. The molecule has 0 radical (unpaired) electrons. The summed E-state index contributed by atoms with van der Waals surface area (Å²) in [5.74, 6) is -0.257. The maximum absolute atomic E-state index is 13.6. The Labute approximate surface area is 225 Å². The standard InChI is InChI=1S/C27H28Cl2N4O4/c1-36-25-23(11-10-22(26(30)34)24(25)18-2-4-19(28)5-3-18)33(13-12-32-14-16-37-17-15-32)27(35)31-21-8-6-20(29)7-9-21/h2-11H,12-17H2,1H3,(H2,30,34)(H,31,35). The Bertz CT molecular complexity index is 1250. The van der Waals surface area contributed by atoms with E-state index in [1.165, 1.54) is 7.11 Å². The Balaban J connectivity index is 1.76. The summed E-state index contributed by atoms with van der Waals surface area (Å²) in [5, 5.41) is 4.05. The first-order chi connectivity index (χ1) is 17.9. The third-order valence-electron chi connectivity index (χ3n) is 6.11. The van der Waals surface area contributed by atoms with Gasteiger partial charge in [0.1, 0.15) is 0 Å².